The van der Waals surface area contributed by atoms with E-state index in [1.165, 1.54) is 0 Å². The van der Waals surface area contributed by atoms with E-state index in [2.05, 4.69) is 0 Å². The molecule has 0 amide bonds. The van der Waals surface area contributed by atoms with Gasteiger partial charge in [0.15, 0.2) is 11.2 Å². The summed E-state index contributed by atoms with van der Waals surface area (Å²) < 4.78 is 18.2. The van der Waals surface area contributed by atoms with Gasteiger partial charge in [0.2, 0.25) is 0 Å². The van der Waals surface area contributed by atoms with Crippen molar-refractivity contribution in [3.63, 3.8) is 0 Å². The van der Waals surface area contributed by atoms with E-state index in [9.17, 15) is 30.0 Å². The van der Waals surface area contributed by atoms with Crippen molar-refractivity contribution in [2.24, 2.45) is 23.7 Å². The van der Waals surface area contributed by atoms with E-state index in [1.54, 1.807) is 72.8 Å². The van der Waals surface area contributed by atoms with Gasteiger partial charge in [-0.25, -0.2) is 0 Å². The van der Waals surface area contributed by atoms with Crippen LogP contribution in [-0.2, 0) is 35.0 Å². The normalized spacial score (nSPS) is 28.5. The molecule has 1 aliphatic carbocycles. The summed E-state index contributed by atoms with van der Waals surface area (Å²) in [7, 11) is 0. The molecular formula is C40H38O9. The first-order valence-corrected chi connectivity index (χ1v) is 17.0. The minimum Gasteiger partial charge on any atom is -0.508 e. The SMILES string of the molecule is O=C1OC(c2ccc(O)cc2)(c2ccc(O)cc2)C2C3CCC(O3)C12.O=C1OC(c2ccc(O)cc2)(c2ccc(O)cc2)C2CCCCC12. The summed E-state index contributed by atoms with van der Waals surface area (Å²) in [6, 6.07) is 27.4. The van der Waals surface area contributed by atoms with Crippen LogP contribution in [0.1, 0.15) is 60.8 Å². The van der Waals surface area contributed by atoms with E-state index in [1.807, 2.05) is 24.3 Å². The molecule has 5 fully saturated rings. The quantitative estimate of drug-likeness (QED) is 0.183. The Morgan fingerprint density at radius 2 is 0.898 bits per heavy atom. The van der Waals surface area contributed by atoms with Gasteiger partial charge in [0.1, 0.15) is 23.0 Å². The Morgan fingerprint density at radius 1 is 0.490 bits per heavy atom. The first kappa shape index (κ1) is 31.3. The van der Waals surface area contributed by atoms with Gasteiger partial charge in [-0.15, -0.1) is 0 Å². The maximum absolute atomic E-state index is 12.7. The van der Waals surface area contributed by atoms with Crippen LogP contribution in [-0.4, -0.2) is 44.6 Å². The van der Waals surface area contributed by atoms with Gasteiger partial charge < -0.3 is 34.6 Å². The second-order valence-corrected chi connectivity index (χ2v) is 13.8. The molecule has 6 unspecified atom stereocenters. The van der Waals surface area contributed by atoms with Crippen LogP contribution in [0.25, 0.3) is 0 Å². The Kier molecular flexibility index (Phi) is 7.55. The molecule has 0 radical (unpaired) electrons. The minimum atomic E-state index is -0.955. The number of hydrogen-bond donors (Lipinski definition) is 4. The van der Waals surface area contributed by atoms with Crippen LogP contribution >= 0.6 is 0 Å². The zero-order valence-corrected chi connectivity index (χ0v) is 26.8. The first-order valence-electron chi connectivity index (χ1n) is 17.0. The Balaban J connectivity index is 0.000000142. The lowest BCUT2D eigenvalue weighted by Crippen LogP contribution is -2.41. The molecule has 252 valence electrons. The van der Waals surface area contributed by atoms with Crippen molar-refractivity contribution in [2.75, 3.05) is 0 Å². The molecule has 6 atom stereocenters. The van der Waals surface area contributed by atoms with Crippen LogP contribution in [0.3, 0.4) is 0 Å². The number of carbonyl (C=O) groups excluding carboxylic acids is 2. The summed E-state index contributed by atoms with van der Waals surface area (Å²) >= 11 is 0. The molecule has 9 nitrogen and oxygen atoms in total. The fourth-order valence-corrected chi connectivity index (χ4v) is 9.22. The molecule has 1 saturated carbocycles. The van der Waals surface area contributed by atoms with Crippen LogP contribution < -0.4 is 0 Å². The number of carbonyl (C=O) groups is 2. The van der Waals surface area contributed by atoms with Crippen molar-refractivity contribution >= 4 is 11.9 Å². The van der Waals surface area contributed by atoms with Gasteiger partial charge in [-0.3, -0.25) is 9.59 Å². The lowest BCUT2D eigenvalue weighted by atomic mass is 9.67. The highest BCUT2D eigenvalue weighted by atomic mass is 16.6. The van der Waals surface area contributed by atoms with Crippen molar-refractivity contribution < 1.29 is 44.2 Å². The lowest BCUT2D eigenvalue weighted by Gasteiger charge is -2.37. The summed E-state index contributed by atoms with van der Waals surface area (Å²) in [6.45, 7) is 0. The number of benzene rings is 4. The van der Waals surface area contributed by atoms with Crippen LogP contribution in [0.4, 0.5) is 0 Å². The first-order chi connectivity index (χ1) is 23.7. The Morgan fingerprint density at radius 3 is 1.39 bits per heavy atom. The largest absolute Gasteiger partial charge is 0.508 e. The van der Waals surface area contributed by atoms with Crippen LogP contribution in [0.5, 0.6) is 23.0 Å². The van der Waals surface area contributed by atoms with Gasteiger partial charge in [0, 0.05) is 34.1 Å². The van der Waals surface area contributed by atoms with E-state index >= 15 is 0 Å². The van der Waals surface area contributed by atoms with E-state index < -0.39 is 11.2 Å². The molecular weight excluding hydrogens is 624 g/mol. The fourth-order valence-electron chi connectivity index (χ4n) is 9.22. The van der Waals surface area contributed by atoms with Crippen molar-refractivity contribution in [3.8, 4) is 23.0 Å². The smallest absolute Gasteiger partial charge is 0.313 e. The molecule has 4 N–H and O–H groups in total. The zero-order valence-electron chi connectivity index (χ0n) is 26.8. The molecule has 2 bridgehead atoms. The molecule has 9 heteroatoms. The summed E-state index contributed by atoms with van der Waals surface area (Å²) in [5, 5.41) is 38.6. The Bertz CT molecular complexity index is 1760. The highest BCUT2D eigenvalue weighted by Gasteiger charge is 2.68. The summed E-state index contributed by atoms with van der Waals surface area (Å²) in [5.74, 6) is -0.0415. The molecule has 4 aromatic rings. The van der Waals surface area contributed by atoms with Crippen LogP contribution in [0.2, 0.25) is 0 Å². The number of hydrogen-bond acceptors (Lipinski definition) is 9. The molecule has 0 aromatic heterocycles. The van der Waals surface area contributed by atoms with E-state index in [0.717, 1.165) is 60.8 Å². The molecule has 4 aliphatic heterocycles. The third-order valence-electron chi connectivity index (χ3n) is 11.3. The van der Waals surface area contributed by atoms with Crippen molar-refractivity contribution in [1.82, 2.24) is 0 Å². The Hall–Kier alpha value is -5.02. The second-order valence-electron chi connectivity index (χ2n) is 13.8. The lowest BCUT2D eigenvalue weighted by molar-refractivity contribution is -0.153. The minimum absolute atomic E-state index is 0.0240. The molecule has 9 rings (SSSR count). The highest BCUT2D eigenvalue weighted by Crippen LogP contribution is 2.60. The van der Waals surface area contributed by atoms with Gasteiger partial charge >= 0.3 is 11.9 Å². The third kappa shape index (κ3) is 4.93. The number of aromatic hydroxyl groups is 4. The number of ether oxygens (including phenoxy) is 3. The van der Waals surface area contributed by atoms with Gasteiger partial charge in [-0.2, -0.15) is 0 Å². The average molecular weight is 663 g/mol. The van der Waals surface area contributed by atoms with E-state index in [4.69, 9.17) is 14.2 Å². The number of phenolic OH excluding ortho intramolecular Hbond substituents is 4. The predicted molar refractivity (Wildman–Crippen MR) is 176 cm³/mol. The summed E-state index contributed by atoms with van der Waals surface area (Å²) in [5.41, 5.74) is 1.57. The molecule has 4 aromatic carbocycles. The summed E-state index contributed by atoms with van der Waals surface area (Å²) in [6.07, 6.45) is 5.64. The highest BCUT2D eigenvalue weighted by molar-refractivity contribution is 5.79. The van der Waals surface area contributed by atoms with Crippen molar-refractivity contribution in [2.45, 2.75) is 61.9 Å². The van der Waals surface area contributed by atoms with Gasteiger partial charge in [-0.05, 0) is 74.2 Å². The fraction of sp³-hybridized carbons (Fsp3) is 0.350. The van der Waals surface area contributed by atoms with E-state index in [-0.39, 0.29) is 70.8 Å². The molecule has 0 spiro atoms. The number of rotatable bonds is 4. The summed E-state index contributed by atoms with van der Waals surface area (Å²) in [4.78, 5) is 25.3. The topological polar surface area (TPSA) is 143 Å². The number of cyclic esters (lactones) is 2. The number of esters is 2. The molecule has 4 saturated heterocycles. The standard InChI is InChI=1S/C20H18O5.C20H20O4/c21-13-5-1-11(2-6-13)20(12-3-7-14(22)8-4-12)18-16-10-9-15(24-16)17(18)19(23)25-20;21-15-9-5-13(6-10-15)20(14-7-11-16(22)12-8-14)18-4-2-1-3-17(18)19(23)24-20/h1-8,15-18,21-22H,9-10H2;5-12,17-18,21-22H,1-4H2. The van der Waals surface area contributed by atoms with Crippen molar-refractivity contribution in [1.29, 1.82) is 0 Å². The van der Waals surface area contributed by atoms with Crippen LogP contribution in [0.15, 0.2) is 97.1 Å². The Labute approximate surface area is 283 Å². The van der Waals surface area contributed by atoms with Gasteiger partial charge in [0.05, 0.1) is 24.0 Å². The maximum Gasteiger partial charge on any atom is 0.313 e. The van der Waals surface area contributed by atoms with Crippen molar-refractivity contribution in [3.05, 3.63) is 119 Å². The predicted octanol–water partition coefficient (Wildman–Crippen LogP) is 6.40. The van der Waals surface area contributed by atoms with Gasteiger partial charge in [0.25, 0.3) is 0 Å². The molecule has 5 aliphatic rings. The maximum atomic E-state index is 12.7. The monoisotopic (exact) mass is 662 g/mol. The number of phenols is 4. The van der Waals surface area contributed by atoms with Crippen LogP contribution in [0, 0.1) is 23.7 Å². The number of fused-ring (bicyclic) bond motifs is 6. The zero-order chi connectivity index (χ0) is 33.9. The third-order valence-corrected chi connectivity index (χ3v) is 11.3. The van der Waals surface area contributed by atoms with Gasteiger partial charge in [-0.1, -0.05) is 61.4 Å². The second kappa shape index (κ2) is 11.8. The average Bonchev–Trinajstić information content (AvgIpc) is 3.88. The van der Waals surface area contributed by atoms with E-state index in [0.29, 0.717) is 0 Å². The molecule has 49 heavy (non-hydrogen) atoms. The molecule has 4 heterocycles.